The van der Waals surface area contributed by atoms with Crippen molar-refractivity contribution < 1.29 is 23.9 Å². The number of esters is 1. The first kappa shape index (κ1) is 33.9. The minimum absolute atomic E-state index is 0.0770. The summed E-state index contributed by atoms with van der Waals surface area (Å²) in [6.45, 7) is 4.73. The fourth-order valence-electron chi connectivity index (χ4n) is 9.16. The zero-order valence-corrected chi connectivity index (χ0v) is 27.8. The molecule has 5 unspecified atom stereocenters. The van der Waals surface area contributed by atoms with E-state index in [0.717, 1.165) is 62.7 Å². The van der Waals surface area contributed by atoms with Gasteiger partial charge in [0.15, 0.2) is 0 Å². The summed E-state index contributed by atoms with van der Waals surface area (Å²) in [5.41, 5.74) is 9.25. The van der Waals surface area contributed by atoms with E-state index in [1.807, 2.05) is 0 Å². The maximum Gasteiger partial charge on any atom is 0.322 e. The highest BCUT2D eigenvalue weighted by Crippen LogP contribution is 2.61. The number of fused-ring (bicyclic) bond motifs is 5. The van der Waals surface area contributed by atoms with Crippen molar-refractivity contribution in [3.05, 3.63) is 29.3 Å². The number of hydrogen-bond acceptors (Lipinski definition) is 8. The third-order valence-corrected chi connectivity index (χ3v) is 11.7. The molecule has 1 aliphatic heterocycles. The van der Waals surface area contributed by atoms with Gasteiger partial charge in [-0.15, -0.1) is 0 Å². The number of hydrogen-bond donors (Lipinski definition) is 3. The second-order valence-electron chi connectivity index (χ2n) is 14.2. The summed E-state index contributed by atoms with van der Waals surface area (Å²) in [5, 5.41) is 7.19. The van der Waals surface area contributed by atoms with Crippen LogP contribution in [0.3, 0.4) is 0 Å². The number of imide groups is 1. The molecule has 2 saturated carbocycles. The number of rotatable bonds is 16. The number of methoxy groups -OCH3 is 2. The molecule has 4 N–H and O–H groups in total. The van der Waals surface area contributed by atoms with Crippen molar-refractivity contribution in [1.82, 2.24) is 15.5 Å². The molecule has 1 aromatic rings. The number of nitrogens with two attached hydrogens (primary N) is 1. The van der Waals surface area contributed by atoms with Gasteiger partial charge >= 0.3 is 5.97 Å². The standard InChI is InChI=1S/C36H56N4O5/c1-36-18-17-27-26-14-12-25(44-2)22-24(26)11-13-28(27)29(36)15-16-32(36)39-20-7-4-5-9-21-40-33(41)23-31(34(40)42)38-19-8-6-10-30(37)35(43)45-3/h12,14,22,27-32,38-39H,4-11,13,15-21,23,37H2,1-3H3/t27?,28?,29?,30-,31?,32?,36-/m0/s1. The van der Waals surface area contributed by atoms with Crippen LogP contribution in [-0.4, -0.2) is 74.7 Å². The Bertz CT molecular complexity index is 1190. The smallest absolute Gasteiger partial charge is 0.322 e. The number of unbranched alkanes of at least 4 members (excludes halogenated alkanes) is 4. The molecule has 0 bridgehead atoms. The average Bonchev–Trinajstić information content (AvgIpc) is 3.53. The molecule has 3 fully saturated rings. The quantitative estimate of drug-likeness (QED) is 0.140. The SMILES string of the molecule is COC(=O)[C@@H](N)CCCCNC1CC(=O)N(CCCCCCNC2CCC3C4CCc5cc(OC)ccc5C4CC[C@]23C)C1=O. The minimum Gasteiger partial charge on any atom is -0.497 e. The molecule has 250 valence electrons. The lowest BCUT2D eigenvalue weighted by Crippen LogP contribution is -2.48. The van der Waals surface area contributed by atoms with Gasteiger partial charge in [0.1, 0.15) is 11.8 Å². The van der Waals surface area contributed by atoms with Crippen molar-refractivity contribution >= 4 is 17.8 Å². The van der Waals surface area contributed by atoms with Crippen molar-refractivity contribution in [1.29, 1.82) is 0 Å². The molecule has 0 radical (unpaired) electrons. The van der Waals surface area contributed by atoms with E-state index >= 15 is 0 Å². The van der Waals surface area contributed by atoms with Crippen molar-refractivity contribution in [2.75, 3.05) is 33.9 Å². The Morgan fingerprint density at radius 2 is 1.80 bits per heavy atom. The number of nitrogens with one attached hydrogen (secondary N) is 2. The molecule has 4 aliphatic rings. The van der Waals surface area contributed by atoms with Gasteiger partial charge in [0.2, 0.25) is 11.8 Å². The number of likely N-dealkylation sites (tertiary alicyclic amines) is 1. The summed E-state index contributed by atoms with van der Waals surface area (Å²) in [6, 6.07) is 6.33. The molecule has 2 amide bonds. The molecule has 0 spiro atoms. The number of aryl methyl sites for hydroxylation is 1. The Labute approximate surface area is 269 Å². The summed E-state index contributed by atoms with van der Waals surface area (Å²) in [5.74, 6) is 2.72. The lowest BCUT2D eigenvalue weighted by atomic mass is 9.55. The Kier molecular flexibility index (Phi) is 11.6. The summed E-state index contributed by atoms with van der Waals surface area (Å²) < 4.78 is 10.1. The van der Waals surface area contributed by atoms with Gasteiger partial charge in [0, 0.05) is 12.6 Å². The zero-order valence-electron chi connectivity index (χ0n) is 27.8. The van der Waals surface area contributed by atoms with Crippen LogP contribution in [0.2, 0.25) is 0 Å². The first-order chi connectivity index (χ1) is 21.8. The molecular weight excluding hydrogens is 568 g/mol. The Morgan fingerprint density at radius 3 is 2.60 bits per heavy atom. The number of amides is 2. The van der Waals surface area contributed by atoms with E-state index in [2.05, 4.69) is 40.5 Å². The molecule has 0 aromatic heterocycles. The summed E-state index contributed by atoms with van der Waals surface area (Å²) in [4.78, 5) is 38.1. The number of benzene rings is 1. The van der Waals surface area contributed by atoms with Gasteiger partial charge in [-0.3, -0.25) is 19.3 Å². The van der Waals surface area contributed by atoms with E-state index in [1.54, 1.807) is 12.7 Å². The lowest BCUT2D eigenvalue weighted by Gasteiger charge is -2.51. The van der Waals surface area contributed by atoms with Gasteiger partial charge in [-0.1, -0.05) is 32.3 Å². The van der Waals surface area contributed by atoms with Crippen molar-refractivity contribution in [2.45, 2.75) is 121 Å². The number of nitrogens with zero attached hydrogens (tertiary/aromatic N) is 1. The molecule has 7 atom stereocenters. The summed E-state index contributed by atoms with van der Waals surface area (Å²) in [7, 11) is 3.09. The van der Waals surface area contributed by atoms with E-state index in [1.165, 1.54) is 56.1 Å². The van der Waals surface area contributed by atoms with Crippen LogP contribution in [0.1, 0.15) is 107 Å². The average molecular weight is 625 g/mol. The molecule has 1 aromatic carbocycles. The van der Waals surface area contributed by atoms with E-state index in [4.69, 9.17) is 10.5 Å². The predicted octanol–water partition coefficient (Wildman–Crippen LogP) is 4.46. The van der Waals surface area contributed by atoms with Crippen LogP contribution in [0.15, 0.2) is 18.2 Å². The molecule has 9 heteroatoms. The Hall–Kier alpha value is -2.49. The summed E-state index contributed by atoms with van der Waals surface area (Å²) >= 11 is 0. The third-order valence-electron chi connectivity index (χ3n) is 11.7. The van der Waals surface area contributed by atoms with Crippen molar-refractivity contribution in [3.8, 4) is 5.75 Å². The lowest BCUT2D eigenvalue weighted by molar-refractivity contribution is -0.142. The highest BCUT2D eigenvalue weighted by Gasteiger charge is 2.54. The van der Waals surface area contributed by atoms with Gasteiger partial charge in [0.25, 0.3) is 0 Å². The first-order valence-electron chi connectivity index (χ1n) is 17.6. The molecule has 3 aliphatic carbocycles. The van der Waals surface area contributed by atoms with Crippen LogP contribution >= 0.6 is 0 Å². The molecule has 1 heterocycles. The molecular formula is C36H56N4O5. The second kappa shape index (κ2) is 15.4. The van der Waals surface area contributed by atoms with E-state index in [0.29, 0.717) is 36.9 Å². The number of ether oxygens (including phenoxy) is 2. The summed E-state index contributed by atoms with van der Waals surface area (Å²) in [6.07, 6.45) is 14.1. The molecule has 45 heavy (non-hydrogen) atoms. The molecule has 1 saturated heterocycles. The normalized spacial score (nSPS) is 29.7. The van der Waals surface area contributed by atoms with Crippen LogP contribution < -0.4 is 21.1 Å². The van der Waals surface area contributed by atoms with Crippen LogP contribution in [-0.2, 0) is 25.5 Å². The van der Waals surface area contributed by atoms with E-state index in [9.17, 15) is 14.4 Å². The van der Waals surface area contributed by atoms with Crippen molar-refractivity contribution in [2.24, 2.45) is 23.0 Å². The highest BCUT2D eigenvalue weighted by molar-refractivity contribution is 6.05. The van der Waals surface area contributed by atoms with Gasteiger partial charge in [-0.25, -0.2) is 0 Å². The van der Waals surface area contributed by atoms with Gasteiger partial charge in [0.05, 0.1) is 26.7 Å². The zero-order chi connectivity index (χ0) is 32.0. The van der Waals surface area contributed by atoms with Crippen LogP contribution in [0.25, 0.3) is 0 Å². The Balaban J connectivity index is 0.960. The Morgan fingerprint density at radius 1 is 1.02 bits per heavy atom. The van der Waals surface area contributed by atoms with Gasteiger partial charge in [-0.2, -0.15) is 0 Å². The predicted molar refractivity (Wildman–Crippen MR) is 175 cm³/mol. The van der Waals surface area contributed by atoms with Crippen LogP contribution in [0.5, 0.6) is 5.75 Å². The largest absolute Gasteiger partial charge is 0.497 e. The van der Waals surface area contributed by atoms with E-state index in [-0.39, 0.29) is 18.2 Å². The van der Waals surface area contributed by atoms with Crippen LogP contribution in [0.4, 0.5) is 0 Å². The molecule has 9 nitrogen and oxygen atoms in total. The third kappa shape index (κ3) is 7.57. The monoisotopic (exact) mass is 624 g/mol. The van der Waals surface area contributed by atoms with Crippen LogP contribution in [0, 0.1) is 17.3 Å². The van der Waals surface area contributed by atoms with Gasteiger partial charge < -0.3 is 25.8 Å². The second-order valence-corrected chi connectivity index (χ2v) is 14.2. The topological polar surface area (TPSA) is 123 Å². The number of carbonyl (C=O) groups excluding carboxylic acids is 3. The first-order valence-corrected chi connectivity index (χ1v) is 17.6. The fraction of sp³-hybridized carbons (Fsp3) is 0.750. The minimum atomic E-state index is -0.610. The van der Waals surface area contributed by atoms with E-state index < -0.39 is 18.1 Å². The number of carbonyl (C=O) groups is 3. The fourth-order valence-corrected chi connectivity index (χ4v) is 9.16. The maximum atomic E-state index is 12.8. The van der Waals surface area contributed by atoms with Gasteiger partial charge in [-0.05, 0) is 124 Å². The van der Waals surface area contributed by atoms with Crippen molar-refractivity contribution in [3.63, 3.8) is 0 Å². The highest BCUT2D eigenvalue weighted by atomic mass is 16.5. The maximum absolute atomic E-state index is 12.8. The molecule has 5 rings (SSSR count).